The highest BCUT2D eigenvalue weighted by Gasteiger charge is 2.18. The summed E-state index contributed by atoms with van der Waals surface area (Å²) in [5, 5.41) is 2.93. The van der Waals surface area contributed by atoms with E-state index in [0.29, 0.717) is 11.4 Å². The van der Waals surface area contributed by atoms with Gasteiger partial charge in [-0.25, -0.2) is 4.98 Å². The minimum Gasteiger partial charge on any atom is -0.384 e. The van der Waals surface area contributed by atoms with E-state index in [9.17, 15) is 4.79 Å². The fraction of sp³-hybridized carbons (Fsp3) is 0.455. The van der Waals surface area contributed by atoms with E-state index >= 15 is 0 Å². The summed E-state index contributed by atoms with van der Waals surface area (Å²) >= 11 is 0. The van der Waals surface area contributed by atoms with Gasteiger partial charge in [0.15, 0.2) is 0 Å². The highest BCUT2D eigenvalue weighted by molar-refractivity contribution is 5.95. The number of pyridine rings is 1. The molecule has 1 aromatic heterocycles. The van der Waals surface area contributed by atoms with Crippen LogP contribution in [0.1, 0.15) is 37.6 Å². The Morgan fingerprint density at radius 3 is 2.80 bits per heavy atom. The molecule has 0 aliphatic carbocycles. The number of nitrogens with one attached hydrogen (secondary N) is 1. The molecule has 0 saturated carbocycles. The van der Waals surface area contributed by atoms with Crippen LogP contribution >= 0.6 is 0 Å². The Hall–Kier alpha value is -1.58. The van der Waals surface area contributed by atoms with Crippen molar-refractivity contribution in [3.05, 3.63) is 23.9 Å². The Balaban J connectivity index is 2.78. The molecule has 0 saturated heterocycles. The largest absolute Gasteiger partial charge is 0.384 e. The smallest absolute Gasteiger partial charge is 0.251 e. The molecule has 15 heavy (non-hydrogen) atoms. The third-order valence-corrected chi connectivity index (χ3v) is 2.38. The van der Waals surface area contributed by atoms with Crippen LogP contribution in [0.25, 0.3) is 0 Å². The lowest BCUT2D eigenvalue weighted by Crippen LogP contribution is -2.42. The lowest BCUT2D eigenvalue weighted by atomic mass is 10.0. The second-order valence-corrected chi connectivity index (χ2v) is 4.16. The van der Waals surface area contributed by atoms with E-state index in [2.05, 4.69) is 10.3 Å². The monoisotopic (exact) mass is 207 g/mol. The van der Waals surface area contributed by atoms with E-state index in [-0.39, 0.29) is 11.4 Å². The quantitative estimate of drug-likeness (QED) is 0.790. The molecule has 0 aromatic carbocycles. The van der Waals surface area contributed by atoms with Gasteiger partial charge >= 0.3 is 0 Å². The highest BCUT2D eigenvalue weighted by atomic mass is 16.1. The number of carbonyl (C=O) groups is 1. The second-order valence-electron chi connectivity index (χ2n) is 4.16. The molecule has 0 fully saturated rings. The lowest BCUT2D eigenvalue weighted by Gasteiger charge is -2.24. The summed E-state index contributed by atoms with van der Waals surface area (Å²) in [5.74, 6) is 0.243. The Morgan fingerprint density at radius 1 is 1.60 bits per heavy atom. The van der Waals surface area contributed by atoms with Gasteiger partial charge in [0, 0.05) is 17.3 Å². The van der Waals surface area contributed by atoms with Crippen molar-refractivity contribution in [2.75, 3.05) is 5.73 Å². The van der Waals surface area contributed by atoms with Crippen molar-refractivity contribution < 1.29 is 4.79 Å². The molecule has 0 radical (unpaired) electrons. The van der Waals surface area contributed by atoms with Gasteiger partial charge in [-0.05, 0) is 32.4 Å². The van der Waals surface area contributed by atoms with Crippen LogP contribution in [0.5, 0.6) is 0 Å². The minimum atomic E-state index is -0.199. The number of nitrogen functional groups attached to an aromatic ring is 1. The summed E-state index contributed by atoms with van der Waals surface area (Å²) in [6.07, 6.45) is 2.41. The number of hydrogen-bond acceptors (Lipinski definition) is 3. The van der Waals surface area contributed by atoms with Crippen molar-refractivity contribution in [1.29, 1.82) is 0 Å². The number of nitrogens with two attached hydrogens (primary N) is 1. The molecule has 82 valence electrons. The molecule has 4 heteroatoms. The third-order valence-electron chi connectivity index (χ3n) is 2.38. The zero-order valence-corrected chi connectivity index (χ0v) is 9.37. The summed E-state index contributed by atoms with van der Waals surface area (Å²) in [6, 6.07) is 3.22. The van der Waals surface area contributed by atoms with Gasteiger partial charge in [0.05, 0.1) is 0 Å². The average Bonchev–Trinajstić information content (AvgIpc) is 2.17. The van der Waals surface area contributed by atoms with Gasteiger partial charge < -0.3 is 11.1 Å². The van der Waals surface area contributed by atoms with E-state index in [1.807, 2.05) is 20.8 Å². The number of rotatable bonds is 3. The van der Waals surface area contributed by atoms with E-state index in [1.54, 1.807) is 12.1 Å². The van der Waals surface area contributed by atoms with Gasteiger partial charge in [-0.15, -0.1) is 0 Å². The van der Waals surface area contributed by atoms with Gasteiger partial charge in [0.2, 0.25) is 0 Å². The van der Waals surface area contributed by atoms with Crippen LogP contribution in [0.15, 0.2) is 18.3 Å². The maximum absolute atomic E-state index is 11.8. The number of carbonyl (C=O) groups excluding carboxylic acids is 1. The number of anilines is 1. The molecule has 0 aliphatic rings. The summed E-state index contributed by atoms with van der Waals surface area (Å²) in [5.41, 5.74) is 5.85. The van der Waals surface area contributed by atoms with Crippen molar-refractivity contribution in [2.24, 2.45) is 0 Å². The normalized spacial score (nSPS) is 11.1. The fourth-order valence-electron chi connectivity index (χ4n) is 1.06. The van der Waals surface area contributed by atoms with Gasteiger partial charge in [-0.2, -0.15) is 0 Å². The summed E-state index contributed by atoms with van der Waals surface area (Å²) in [6.45, 7) is 5.99. The van der Waals surface area contributed by atoms with Crippen LogP contribution in [-0.4, -0.2) is 16.4 Å². The summed E-state index contributed by atoms with van der Waals surface area (Å²) < 4.78 is 0. The van der Waals surface area contributed by atoms with E-state index < -0.39 is 0 Å². The van der Waals surface area contributed by atoms with Crippen molar-refractivity contribution in [3.8, 4) is 0 Å². The maximum atomic E-state index is 11.8. The first-order valence-corrected chi connectivity index (χ1v) is 4.98. The molecular formula is C11H17N3O. The predicted octanol–water partition coefficient (Wildman–Crippen LogP) is 1.58. The Labute approximate surface area is 89.9 Å². The zero-order chi connectivity index (χ0) is 11.5. The molecule has 1 heterocycles. The first kappa shape index (κ1) is 11.5. The molecule has 0 spiro atoms. The number of amides is 1. The van der Waals surface area contributed by atoms with Gasteiger partial charge in [-0.1, -0.05) is 6.92 Å². The van der Waals surface area contributed by atoms with Crippen molar-refractivity contribution in [1.82, 2.24) is 10.3 Å². The first-order chi connectivity index (χ1) is 6.94. The Morgan fingerprint density at radius 2 is 2.27 bits per heavy atom. The summed E-state index contributed by atoms with van der Waals surface area (Å²) in [7, 11) is 0. The number of aromatic nitrogens is 1. The third kappa shape index (κ3) is 3.23. The van der Waals surface area contributed by atoms with E-state index in [0.717, 1.165) is 6.42 Å². The van der Waals surface area contributed by atoms with E-state index in [4.69, 9.17) is 5.73 Å². The van der Waals surface area contributed by atoms with Gasteiger partial charge in [-0.3, -0.25) is 4.79 Å². The molecule has 1 amide bonds. The van der Waals surface area contributed by atoms with Crippen molar-refractivity contribution >= 4 is 11.7 Å². The first-order valence-electron chi connectivity index (χ1n) is 4.98. The minimum absolute atomic E-state index is 0.115. The summed E-state index contributed by atoms with van der Waals surface area (Å²) in [4.78, 5) is 15.6. The van der Waals surface area contributed by atoms with Crippen LogP contribution in [-0.2, 0) is 0 Å². The molecule has 3 N–H and O–H groups in total. The predicted molar refractivity (Wildman–Crippen MR) is 60.5 cm³/mol. The van der Waals surface area contributed by atoms with Crippen LogP contribution in [0, 0.1) is 0 Å². The highest BCUT2D eigenvalue weighted by Crippen LogP contribution is 2.10. The molecule has 0 unspecified atom stereocenters. The van der Waals surface area contributed by atoms with Gasteiger partial charge in [0.25, 0.3) is 5.91 Å². The van der Waals surface area contributed by atoms with Crippen LogP contribution in [0.2, 0.25) is 0 Å². The Bertz CT molecular complexity index is 361. The van der Waals surface area contributed by atoms with Crippen molar-refractivity contribution in [2.45, 2.75) is 32.7 Å². The maximum Gasteiger partial charge on any atom is 0.251 e. The number of nitrogens with zero attached hydrogens (tertiary/aromatic N) is 1. The van der Waals surface area contributed by atoms with Crippen LogP contribution < -0.4 is 11.1 Å². The molecule has 1 aromatic rings. The average molecular weight is 207 g/mol. The molecule has 4 nitrogen and oxygen atoms in total. The van der Waals surface area contributed by atoms with Crippen molar-refractivity contribution in [3.63, 3.8) is 0 Å². The molecule has 1 rings (SSSR count). The van der Waals surface area contributed by atoms with Crippen LogP contribution in [0.3, 0.4) is 0 Å². The standard InChI is InChI=1S/C11H17N3O/c1-4-11(2,3)14-10(15)8-5-6-13-9(12)7-8/h5-7H,4H2,1-3H3,(H2,12,13)(H,14,15). The Kier molecular flexibility index (Phi) is 3.29. The topological polar surface area (TPSA) is 68.0 Å². The SMILES string of the molecule is CCC(C)(C)NC(=O)c1ccnc(N)c1. The fourth-order valence-corrected chi connectivity index (χ4v) is 1.06. The van der Waals surface area contributed by atoms with E-state index in [1.165, 1.54) is 6.20 Å². The number of hydrogen-bond donors (Lipinski definition) is 2. The zero-order valence-electron chi connectivity index (χ0n) is 9.37. The molecule has 0 atom stereocenters. The van der Waals surface area contributed by atoms with Crippen LogP contribution in [0.4, 0.5) is 5.82 Å². The molecular weight excluding hydrogens is 190 g/mol. The molecule has 0 bridgehead atoms. The van der Waals surface area contributed by atoms with Gasteiger partial charge in [0.1, 0.15) is 5.82 Å². The second kappa shape index (κ2) is 4.29. The molecule has 0 aliphatic heterocycles. The lowest BCUT2D eigenvalue weighted by molar-refractivity contribution is 0.0911.